The van der Waals surface area contributed by atoms with Gasteiger partial charge in [-0.05, 0) is 17.7 Å². The fraction of sp³-hybridized carbons (Fsp3) is 0.0909. The summed E-state index contributed by atoms with van der Waals surface area (Å²) in [7, 11) is 0. The largest absolute Gasteiger partial charge is 0.416 e. The zero-order valence-electron chi connectivity index (χ0n) is 8.25. The molecule has 2 rings (SSSR count). The molecule has 0 spiro atoms. The maximum atomic E-state index is 12.3. The molecule has 0 N–H and O–H groups in total. The second-order valence-electron chi connectivity index (χ2n) is 3.34. The minimum Gasteiger partial charge on any atom is -0.386 e. The first-order valence-electron chi connectivity index (χ1n) is 4.53. The van der Waals surface area contributed by atoms with Crippen LogP contribution in [0.2, 0.25) is 0 Å². The van der Waals surface area contributed by atoms with Crippen LogP contribution in [0.1, 0.15) is 11.1 Å². The van der Waals surface area contributed by atoms with Gasteiger partial charge in [0.15, 0.2) is 0 Å². The Hall–Kier alpha value is -2.11. The Morgan fingerprint density at radius 1 is 1.00 bits per heavy atom. The van der Waals surface area contributed by atoms with Gasteiger partial charge in [0.2, 0.25) is 0 Å². The molecular weight excluding hydrogens is 237 g/mol. The maximum absolute atomic E-state index is 12.3. The molecular formula is C11H5F3O3. The number of cyclic esters (lactones) is 2. The normalized spacial score (nSPS) is 15.8. The fourth-order valence-corrected chi connectivity index (χ4v) is 1.39. The average molecular weight is 242 g/mol. The number of rotatable bonds is 1. The molecule has 1 heterocycles. The first kappa shape index (κ1) is 11.4. The Balaban J connectivity index is 2.34. The summed E-state index contributed by atoms with van der Waals surface area (Å²) in [6.07, 6.45) is -3.48. The molecule has 0 aliphatic carbocycles. The number of esters is 2. The third-order valence-electron chi connectivity index (χ3n) is 2.20. The highest BCUT2D eigenvalue weighted by Crippen LogP contribution is 2.30. The van der Waals surface area contributed by atoms with Gasteiger partial charge in [0.05, 0.1) is 11.1 Å². The van der Waals surface area contributed by atoms with Gasteiger partial charge in [0, 0.05) is 6.08 Å². The molecule has 0 aromatic heterocycles. The van der Waals surface area contributed by atoms with Crippen molar-refractivity contribution < 1.29 is 27.5 Å². The predicted octanol–water partition coefficient (Wildman–Crippen LogP) is 2.17. The van der Waals surface area contributed by atoms with Crippen molar-refractivity contribution in [3.8, 4) is 0 Å². The highest BCUT2D eigenvalue weighted by Gasteiger charge is 2.31. The third-order valence-corrected chi connectivity index (χ3v) is 2.20. The van der Waals surface area contributed by atoms with Crippen molar-refractivity contribution in [3.05, 3.63) is 41.5 Å². The highest BCUT2D eigenvalue weighted by atomic mass is 19.4. The van der Waals surface area contributed by atoms with Gasteiger partial charge in [-0.2, -0.15) is 13.2 Å². The van der Waals surface area contributed by atoms with Gasteiger partial charge in [-0.3, -0.25) is 0 Å². The van der Waals surface area contributed by atoms with E-state index in [-0.39, 0.29) is 11.1 Å². The number of halogens is 3. The Morgan fingerprint density at radius 3 is 2.00 bits per heavy atom. The minimum atomic E-state index is -4.43. The van der Waals surface area contributed by atoms with Crippen LogP contribution in [0, 0.1) is 0 Å². The van der Waals surface area contributed by atoms with Crippen LogP contribution in [-0.2, 0) is 20.5 Å². The highest BCUT2D eigenvalue weighted by molar-refractivity contribution is 6.28. The Labute approximate surface area is 93.5 Å². The molecule has 17 heavy (non-hydrogen) atoms. The number of alkyl halides is 3. The summed E-state index contributed by atoms with van der Waals surface area (Å²) in [6, 6.07) is 3.92. The van der Waals surface area contributed by atoms with Crippen LogP contribution in [-0.4, -0.2) is 11.9 Å². The van der Waals surface area contributed by atoms with E-state index in [0.29, 0.717) is 0 Å². The van der Waals surface area contributed by atoms with Gasteiger partial charge < -0.3 is 4.74 Å². The van der Waals surface area contributed by atoms with Crippen LogP contribution >= 0.6 is 0 Å². The van der Waals surface area contributed by atoms with Crippen molar-refractivity contribution in [1.29, 1.82) is 0 Å². The lowest BCUT2D eigenvalue weighted by atomic mass is 10.0. The van der Waals surface area contributed by atoms with E-state index < -0.39 is 23.7 Å². The van der Waals surface area contributed by atoms with Gasteiger partial charge in [-0.15, -0.1) is 0 Å². The topological polar surface area (TPSA) is 43.4 Å². The van der Waals surface area contributed by atoms with Gasteiger partial charge in [0.25, 0.3) is 0 Å². The van der Waals surface area contributed by atoms with E-state index in [9.17, 15) is 22.8 Å². The molecule has 0 radical (unpaired) electrons. The van der Waals surface area contributed by atoms with E-state index in [1.165, 1.54) is 0 Å². The van der Waals surface area contributed by atoms with Crippen molar-refractivity contribution >= 4 is 17.5 Å². The summed E-state index contributed by atoms with van der Waals surface area (Å²) in [5, 5.41) is 0. The number of benzene rings is 1. The molecule has 88 valence electrons. The van der Waals surface area contributed by atoms with Crippen molar-refractivity contribution in [2.45, 2.75) is 6.18 Å². The standard InChI is InChI=1S/C11H5F3O3/c12-11(13,14)7-3-1-6(2-4-7)8-5-9(15)17-10(8)16/h1-5H. The van der Waals surface area contributed by atoms with Crippen LogP contribution in [0.4, 0.5) is 13.2 Å². The Kier molecular flexibility index (Phi) is 2.49. The van der Waals surface area contributed by atoms with Crippen molar-refractivity contribution in [2.24, 2.45) is 0 Å². The molecule has 1 aromatic carbocycles. The molecule has 0 saturated carbocycles. The predicted molar refractivity (Wildman–Crippen MR) is 50.5 cm³/mol. The van der Waals surface area contributed by atoms with Crippen molar-refractivity contribution in [1.82, 2.24) is 0 Å². The number of hydrogen-bond donors (Lipinski definition) is 0. The molecule has 0 fully saturated rings. The molecule has 3 nitrogen and oxygen atoms in total. The molecule has 6 heteroatoms. The van der Waals surface area contributed by atoms with E-state index in [4.69, 9.17) is 0 Å². The van der Waals surface area contributed by atoms with E-state index in [1.807, 2.05) is 0 Å². The summed E-state index contributed by atoms with van der Waals surface area (Å²) in [6.45, 7) is 0. The zero-order valence-corrected chi connectivity index (χ0v) is 8.25. The average Bonchev–Trinajstić information content (AvgIpc) is 2.57. The minimum absolute atomic E-state index is 0.0382. The Morgan fingerprint density at radius 2 is 1.59 bits per heavy atom. The van der Waals surface area contributed by atoms with Crippen molar-refractivity contribution in [3.63, 3.8) is 0 Å². The first-order chi connectivity index (χ1) is 7.88. The van der Waals surface area contributed by atoms with E-state index in [1.54, 1.807) is 0 Å². The zero-order chi connectivity index (χ0) is 12.6. The van der Waals surface area contributed by atoms with Crippen LogP contribution in [0.3, 0.4) is 0 Å². The van der Waals surface area contributed by atoms with Crippen LogP contribution in [0.5, 0.6) is 0 Å². The summed E-state index contributed by atoms with van der Waals surface area (Å²) in [4.78, 5) is 21.9. The quantitative estimate of drug-likeness (QED) is 0.560. The molecule has 1 aromatic rings. The molecule has 0 unspecified atom stereocenters. The molecule has 1 aliphatic heterocycles. The van der Waals surface area contributed by atoms with E-state index in [2.05, 4.69) is 4.74 Å². The molecule has 0 saturated heterocycles. The van der Waals surface area contributed by atoms with E-state index in [0.717, 1.165) is 30.3 Å². The fourth-order valence-electron chi connectivity index (χ4n) is 1.39. The van der Waals surface area contributed by atoms with Gasteiger partial charge in [-0.25, -0.2) is 9.59 Å². The number of carbonyl (C=O) groups is 2. The molecule has 0 amide bonds. The maximum Gasteiger partial charge on any atom is 0.416 e. The molecule has 0 bridgehead atoms. The number of ether oxygens (including phenoxy) is 1. The number of hydrogen-bond acceptors (Lipinski definition) is 3. The monoisotopic (exact) mass is 242 g/mol. The van der Waals surface area contributed by atoms with E-state index >= 15 is 0 Å². The lowest BCUT2D eigenvalue weighted by Gasteiger charge is -2.06. The summed E-state index contributed by atoms with van der Waals surface area (Å²) in [5.74, 6) is -1.67. The van der Waals surface area contributed by atoms with Crippen molar-refractivity contribution in [2.75, 3.05) is 0 Å². The molecule has 1 aliphatic rings. The third kappa shape index (κ3) is 2.20. The Bertz CT molecular complexity index is 512. The van der Waals surface area contributed by atoms with Crippen LogP contribution in [0.15, 0.2) is 30.3 Å². The van der Waals surface area contributed by atoms with Crippen LogP contribution < -0.4 is 0 Å². The SMILES string of the molecule is O=C1C=C(c2ccc(C(F)(F)F)cc2)C(=O)O1. The lowest BCUT2D eigenvalue weighted by molar-refractivity contribution is -0.149. The van der Waals surface area contributed by atoms with Gasteiger partial charge >= 0.3 is 18.1 Å². The van der Waals surface area contributed by atoms with Gasteiger partial charge in [0.1, 0.15) is 0 Å². The smallest absolute Gasteiger partial charge is 0.386 e. The number of carbonyl (C=O) groups excluding carboxylic acids is 2. The first-order valence-corrected chi connectivity index (χ1v) is 4.53. The molecule has 0 atom stereocenters. The second-order valence-corrected chi connectivity index (χ2v) is 3.34. The lowest BCUT2D eigenvalue weighted by Crippen LogP contribution is -2.05. The summed E-state index contributed by atoms with van der Waals surface area (Å²) < 4.78 is 41.1. The second kappa shape index (κ2) is 3.73. The summed E-state index contributed by atoms with van der Waals surface area (Å²) in [5.41, 5.74) is -0.642. The van der Waals surface area contributed by atoms with Gasteiger partial charge in [-0.1, -0.05) is 12.1 Å². The summed E-state index contributed by atoms with van der Waals surface area (Å²) >= 11 is 0. The van der Waals surface area contributed by atoms with Crippen LogP contribution in [0.25, 0.3) is 5.57 Å².